The number of aliphatic hydroxyl groups excluding tert-OH is 1. The number of furan rings is 1. The van der Waals surface area contributed by atoms with Gasteiger partial charge in [-0.3, -0.25) is 4.79 Å². The Morgan fingerprint density at radius 2 is 1.86 bits per heavy atom. The molecule has 1 unspecified atom stereocenters. The van der Waals surface area contributed by atoms with Gasteiger partial charge in [0.15, 0.2) is 0 Å². The molecule has 6 heteroatoms. The highest BCUT2D eigenvalue weighted by Crippen LogP contribution is 2.22. The van der Waals surface area contributed by atoms with Crippen LogP contribution in [0.2, 0.25) is 0 Å². The molecule has 0 spiro atoms. The van der Waals surface area contributed by atoms with Gasteiger partial charge in [-0.05, 0) is 31.2 Å². The molecule has 1 heterocycles. The van der Waals surface area contributed by atoms with Gasteiger partial charge in [0.2, 0.25) is 0 Å². The minimum absolute atomic E-state index is 0.0469. The lowest BCUT2D eigenvalue weighted by Crippen LogP contribution is -2.28. The number of aliphatic hydroxyl groups is 1. The second-order valence-electron chi connectivity index (χ2n) is 4.78. The van der Waals surface area contributed by atoms with Crippen LogP contribution in [0, 0.1) is 6.92 Å². The van der Waals surface area contributed by atoms with Gasteiger partial charge in [0.1, 0.15) is 29.1 Å². The van der Waals surface area contributed by atoms with Gasteiger partial charge in [0.05, 0.1) is 20.8 Å². The maximum Gasteiger partial charge on any atom is 0.251 e. The van der Waals surface area contributed by atoms with Gasteiger partial charge in [-0.1, -0.05) is 0 Å². The summed E-state index contributed by atoms with van der Waals surface area (Å²) in [6.07, 6.45) is -0.898. The number of rotatable bonds is 6. The minimum Gasteiger partial charge on any atom is -0.497 e. The molecule has 0 radical (unpaired) electrons. The van der Waals surface area contributed by atoms with Gasteiger partial charge in [0.25, 0.3) is 5.91 Å². The number of amides is 1. The standard InChI is InChI=1S/C16H19NO5/c1-10-4-5-15(22-10)14(18)9-17-16(19)11-6-12(20-2)8-13(7-11)21-3/h4-8,14,18H,9H2,1-3H3,(H,17,19). The van der Waals surface area contributed by atoms with Gasteiger partial charge >= 0.3 is 0 Å². The van der Waals surface area contributed by atoms with Crippen LogP contribution in [0.25, 0.3) is 0 Å². The molecule has 0 aliphatic rings. The van der Waals surface area contributed by atoms with Crippen molar-refractivity contribution in [2.75, 3.05) is 20.8 Å². The summed E-state index contributed by atoms with van der Waals surface area (Å²) >= 11 is 0. The van der Waals surface area contributed by atoms with E-state index >= 15 is 0 Å². The molecule has 6 nitrogen and oxygen atoms in total. The first-order valence-electron chi connectivity index (χ1n) is 6.79. The number of ether oxygens (including phenoxy) is 2. The molecule has 1 atom stereocenters. The number of nitrogens with one attached hydrogen (secondary N) is 1. The van der Waals surface area contributed by atoms with Crippen LogP contribution in [-0.2, 0) is 0 Å². The van der Waals surface area contributed by atoms with Crippen molar-refractivity contribution in [3.63, 3.8) is 0 Å². The number of hydrogen-bond donors (Lipinski definition) is 2. The summed E-state index contributed by atoms with van der Waals surface area (Å²) in [6, 6.07) is 8.31. The van der Waals surface area contributed by atoms with Crippen molar-refractivity contribution in [1.82, 2.24) is 5.32 Å². The van der Waals surface area contributed by atoms with Crippen LogP contribution in [-0.4, -0.2) is 31.8 Å². The Hall–Kier alpha value is -2.47. The fourth-order valence-corrected chi connectivity index (χ4v) is 1.96. The van der Waals surface area contributed by atoms with Crippen LogP contribution in [0.1, 0.15) is 28.0 Å². The second kappa shape index (κ2) is 7.00. The Morgan fingerprint density at radius 1 is 1.23 bits per heavy atom. The highest BCUT2D eigenvalue weighted by Gasteiger charge is 2.15. The summed E-state index contributed by atoms with van der Waals surface area (Å²) in [6.45, 7) is 1.84. The monoisotopic (exact) mass is 305 g/mol. The number of methoxy groups -OCH3 is 2. The Labute approximate surface area is 128 Å². The third kappa shape index (κ3) is 3.79. The maximum atomic E-state index is 12.2. The van der Waals surface area contributed by atoms with Crippen molar-refractivity contribution < 1.29 is 23.8 Å². The Balaban J connectivity index is 2.03. The molecule has 1 aromatic carbocycles. The zero-order chi connectivity index (χ0) is 16.1. The smallest absolute Gasteiger partial charge is 0.251 e. The van der Waals surface area contributed by atoms with Crippen molar-refractivity contribution in [3.8, 4) is 11.5 Å². The van der Waals surface area contributed by atoms with Gasteiger partial charge in [-0.2, -0.15) is 0 Å². The molecule has 0 fully saturated rings. The van der Waals surface area contributed by atoms with E-state index in [2.05, 4.69) is 5.32 Å². The van der Waals surface area contributed by atoms with Crippen LogP contribution < -0.4 is 14.8 Å². The number of hydrogen-bond acceptors (Lipinski definition) is 5. The first kappa shape index (κ1) is 15.9. The van der Waals surface area contributed by atoms with Crippen LogP contribution in [0.15, 0.2) is 34.7 Å². The molecule has 0 saturated carbocycles. The minimum atomic E-state index is -0.898. The molecule has 2 N–H and O–H groups in total. The Bertz CT molecular complexity index is 627. The fraction of sp³-hybridized carbons (Fsp3) is 0.312. The molecular weight excluding hydrogens is 286 g/mol. The van der Waals surface area contributed by atoms with E-state index in [0.29, 0.717) is 28.6 Å². The predicted molar refractivity (Wildman–Crippen MR) is 80.3 cm³/mol. The van der Waals surface area contributed by atoms with E-state index in [0.717, 1.165) is 0 Å². The van der Waals surface area contributed by atoms with Gasteiger partial charge in [-0.25, -0.2) is 0 Å². The van der Waals surface area contributed by atoms with E-state index in [1.54, 1.807) is 37.3 Å². The van der Waals surface area contributed by atoms with Crippen molar-refractivity contribution in [1.29, 1.82) is 0 Å². The summed E-state index contributed by atoms with van der Waals surface area (Å²) in [5, 5.41) is 12.6. The Morgan fingerprint density at radius 3 is 2.36 bits per heavy atom. The molecule has 1 aromatic heterocycles. The largest absolute Gasteiger partial charge is 0.497 e. The number of carbonyl (C=O) groups excluding carboxylic acids is 1. The summed E-state index contributed by atoms with van der Waals surface area (Å²) < 4.78 is 15.6. The normalized spacial score (nSPS) is 11.8. The lowest BCUT2D eigenvalue weighted by Gasteiger charge is -2.11. The van der Waals surface area contributed by atoms with Crippen molar-refractivity contribution in [3.05, 3.63) is 47.4 Å². The summed E-state index contributed by atoms with van der Waals surface area (Å²) in [4.78, 5) is 12.2. The molecule has 22 heavy (non-hydrogen) atoms. The van der Waals surface area contributed by atoms with E-state index in [1.807, 2.05) is 0 Å². The topological polar surface area (TPSA) is 80.9 Å². The molecule has 2 rings (SSSR count). The molecule has 118 valence electrons. The SMILES string of the molecule is COc1cc(OC)cc(C(=O)NCC(O)c2ccc(C)o2)c1. The van der Waals surface area contributed by atoms with Crippen LogP contribution >= 0.6 is 0 Å². The molecule has 0 saturated heterocycles. The third-order valence-corrected chi connectivity index (χ3v) is 3.16. The van der Waals surface area contributed by atoms with Gasteiger partial charge < -0.3 is 24.3 Å². The van der Waals surface area contributed by atoms with Crippen molar-refractivity contribution in [2.45, 2.75) is 13.0 Å². The summed E-state index contributed by atoms with van der Waals surface area (Å²) in [5.41, 5.74) is 0.388. The van der Waals surface area contributed by atoms with E-state index in [4.69, 9.17) is 13.9 Å². The lowest BCUT2D eigenvalue weighted by molar-refractivity contribution is 0.0899. The van der Waals surface area contributed by atoms with E-state index in [1.165, 1.54) is 14.2 Å². The average molecular weight is 305 g/mol. The first-order chi connectivity index (χ1) is 10.5. The quantitative estimate of drug-likeness (QED) is 0.854. The first-order valence-corrected chi connectivity index (χ1v) is 6.79. The zero-order valence-corrected chi connectivity index (χ0v) is 12.8. The van der Waals surface area contributed by atoms with Crippen molar-refractivity contribution in [2.24, 2.45) is 0 Å². The summed E-state index contributed by atoms with van der Waals surface area (Å²) in [7, 11) is 3.03. The molecular formula is C16H19NO5. The lowest BCUT2D eigenvalue weighted by atomic mass is 10.1. The molecule has 0 bridgehead atoms. The van der Waals surface area contributed by atoms with Gasteiger partial charge in [-0.15, -0.1) is 0 Å². The fourth-order valence-electron chi connectivity index (χ4n) is 1.96. The van der Waals surface area contributed by atoms with E-state index in [9.17, 15) is 9.90 Å². The average Bonchev–Trinajstić information content (AvgIpc) is 2.98. The zero-order valence-electron chi connectivity index (χ0n) is 12.8. The number of carbonyl (C=O) groups is 1. The van der Waals surface area contributed by atoms with Crippen LogP contribution in [0.4, 0.5) is 0 Å². The highest BCUT2D eigenvalue weighted by atomic mass is 16.5. The van der Waals surface area contributed by atoms with Gasteiger partial charge in [0, 0.05) is 11.6 Å². The number of benzene rings is 1. The van der Waals surface area contributed by atoms with Crippen molar-refractivity contribution >= 4 is 5.91 Å². The molecule has 0 aliphatic heterocycles. The highest BCUT2D eigenvalue weighted by molar-refractivity contribution is 5.95. The summed E-state index contributed by atoms with van der Waals surface area (Å²) in [5.74, 6) is 1.83. The molecule has 0 aliphatic carbocycles. The predicted octanol–water partition coefficient (Wildman–Crippen LogP) is 2.07. The van der Waals surface area contributed by atoms with Crippen LogP contribution in [0.5, 0.6) is 11.5 Å². The second-order valence-corrected chi connectivity index (χ2v) is 4.78. The molecule has 2 aromatic rings. The number of aryl methyl sites for hydroxylation is 1. The maximum absolute atomic E-state index is 12.2. The third-order valence-electron chi connectivity index (χ3n) is 3.16. The Kier molecular flexibility index (Phi) is 5.06. The van der Waals surface area contributed by atoms with Crippen LogP contribution in [0.3, 0.4) is 0 Å². The van der Waals surface area contributed by atoms with E-state index < -0.39 is 6.10 Å². The molecule has 1 amide bonds. The van der Waals surface area contributed by atoms with E-state index in [-0.39, 0.29) is 12.5 Å².